The monoisotopic (exact) mass is 436 g/mol. The molecule has 0 bridgehead atoms. The summed E-state index contributed by atoms with van der Waals surface area (Å²) in [5.41, 5.74) is 0.167. The minimum absolute atomic E-state index is 0.00355. The Labute approximate surface area is 188 Å². The standard InChI is InChI=1S/C26H28O6/c1-2-3-6-15-22-16-23(27)32-19-26(22,24(28)30-17-20-11-7-4-8-12-20)25(29)31-18-21-13-9-5-10-14-21/h4-5,7-14,16H,2-3,6,15,17-19H2,1H3. The predicted octanol–water partition coefficient (Wildman–Crippen LogP) is 4.52. The van der Waals surface area contributed by atoms with Crippen LogP contribution in [0.4, 0.5) is 0 Å². The fourth-order valence-electron chi connectivity index (χ4n) is 3.59. The van der Waals surface area contributed by atoms with Crippen LogP contribution in [0.25, 0.3) is 0 Å². The van der Waals surface area contributed by atoms with E-state index in [0.717, 1.165) is 30.4 Å². The van der Waals surface area contributed by atoms with Crippen LogP contribution >= 0.6 is 0 Å². The van der Waals surface area contributed by atoms with E-state index in [0.29, 0.717) is 12.0 Å². The summed E-state index contributed by atoms with van der Waals surface area (Å²) in [6.07, 6.45) is 4.24. The van der Waals surface area contributed by atoms with Crippen molar-refractivity contribution >= 4 is 17.9 Å². The van der Waals surface area contributed by atoms with Crippen LogP contribution in [0.1, 0.15) is 43.7 Å². The molecule has 2 aromatic rings. The molecule has 0 unspecified atom stereocenters. The summed E-state index contributed by atoms with van der Waals surface area (Å²) in [6.45, 7) is 1.64. The zero-order chi connectivity index (χ0) is 22.8. The van der Waals surface area contributed by atoms with Gasteiger partial charge in [0.15, 0.2) is 0 Å². The molecule has 1 aliphatic heterocycles. The average molecular weight is 437 g/mol. The topological polar surface area (TPSA) is 78.9 Å². The molecule has 0 spiro atoms. The third kappa shape index (κ3) is 5.63. The second kappa shape index (κ2) is 11.3. The van der Waals surface area contributed by atoms with Crippen LogP contribution in [0.3, 0.4) is 0 Å². The van der Waals surface area contributed by atoms with Crippen LogP contribution in [-0.2, 0) is 41.8 Å². The number of hydrogen-bond acceptors (Lipinski definition) is 6. The zero-order valence-corrected chi connectivity index (χ0v) is 18.3. The fraction of sp³-hybridized carbons (Fsp3) is 0.346. The first-order valence-corrected chi connectivity index (χ1v) is 10.9. The molecule has 0 atom stereocenters. The molecule has 1 heterocycles. The van der Waals surface area contributed by atoms with Crippen LogP contribution in [0.5, 0.6) is 0 Å². The smallest absolute Gasteiger partial charge is 0.331 e. The third-order valence-corrected chi connectivity index (χ3v) is 5.44. The number of esters is 3. The molecule has 32 heavy (non-hydrogen) atoms. The van der Waals surface area contributed by atoms with E-state index in [2.05, 4.69) is 6.92 Å². The molecule has 6 heteroatoms. The van der Waals surface area contributed by atoms with E-state index < -0.39 is 29.9 Å². The molecule has 0 radical (unpaired) electrons. The van der Waals surface area contributed by atoms with Crippen molar-refractivity contribution in [1.29, 1.82) is 0 Å². The number of carbonyl (C=O) groups is 3. The Bertz CT molecular complexity index is 893. The van der Waals surface area contributed by atoms with Gasteiger partial charge in [0.25, 0.3) is 0 Å². The van der Waals surface area contributed by atoms with Crippen molar-refractivity contribution < 1.29 is 28.6 Å². The maximum absolute atomic E-state index is 13.3. The number of benzene rings is 2. The average Bonchev–Trinajstić information content (AvgIpc) is 2.83. The number of hydrogen-bond donors (Lipinski definition) is 0. The van der Waals surface area contributed by atoms with Crippen LogP contribution in [0.2, 0.25) is 0 Å². The molecule has 0 saturated heterocycles. The Morgan fingerprint density at radius 2 is 1.41 bits per heavy atom. The quantitative estimate of drug-likeness (QED) is 0.236. The van der Waals surface area contributed by atoms with Crippen molar-refractivity contribution in [1.82, 2.24) is 0 Å². The number of cyclic esters (lactones) is 1. The molecule has 0 N–H and O–H groups in total. The van der Waals surface area contributed by atoms with E-state index in [1.807, 2.05) is 60.7 Å². The van der Waals surface area contributed by atoms with Crippen molar-refractivity contribution in [2.24, 2.45) is 5.41 Å². The molecule has 2 aromatic carbocycles. The predicted molar refractivity (Wildman–Crippen MR) is 118 cm³/mol. The van der Waals surface area contributed by atoms with Crippen LogP contribution in [0.15, 0.2) is 72.3 Å². The van der Waals surface area contributed by atoms with Gasteiger partial charge in [0.2, 0.25) is 5.41 Å². The first-order chi connectivity index (χ1) is 15.6. The highest BCUT2D eigenvalue weighted by atomic mass is 16.6. The van der Waals surface area contributed by atoms with Gasteiger partial charge in [0.1, 0.15) is 19.8 Å². The van der Waals surface area contributed by atoms with Gasteiger partial charge >= 0.3 is 17.9 Å². The van der Waals surface area contributed by atoms with Gasteiger partial charge in [-0.2, -0.15) is 0 Å². The Kier molecular flexibility index (Phi) is 8.20. The van der Waals surface area contributed by atoms with Crippen molar-refractivity contribution in [2.75, 3.05) is 6.61 Å². The largest absolute Gasteiger partial charge is 0.460 e. The molecule has 3 rings (SSSR count). The van der Waals surface area contributed by atoms with Gasteiger partial charge in [-0.25, -0.2) is 4.79 Å². The van der Waals surface area contributed by atoms with Crippen molar-refractivity contribution in [3.8, 4) is 0 Å². The lowest BCUT2D eigenvalue weighted by Gasteiger charge is -2.33. The van der Waals surface area contributed by atoms with Gasteiger partial charge in [-0.3, -0.25) is 9.59 Å². The number of carbonyl (C=O) groups excluding carboxylic acids is 3. The third-order valence-electron chi connectivity index (χ3n) is 5.44. The molecule has 6 nitrogen and oxygen atoms in total. The van der Waals surface area contributed by atoms with E-state index >= 15 is 0 Å². The minimum atomic E-state index is -1.80. The molecule has 1 aliphatic rings. The maximum atomic E-state index is 13.3. The van der Waals surface area contributed by atoms with Gasteiger partial charge < -0.3 is 14.2 Å². The van der Waals surface area contributed by atoms with Gasteiger partial charge in [0.05, 0.1) is 0 Å². The highest BCUT2D eigenvalue weighted by Gasteiger charge is 2.55. The normalized spacial score (nSPS) is 14.8. The molecular formula is C26H28O6. The second-order valence-corrected chi connectivity index (χ2v) is 7.76. The van der Waals surface area contributed by atoms with E-state index in [4.69, 9.17) is 14.2 Å². The molecule has 0 saturated carbocycles. The Balaban J connectivity index is 1.85. The second-order valence-electron chi connectivity index (χ2n) is 7.76. The van der Waals surface area contributed by atoms with E-state index in [9.17, 15) is 14.4 Å². The van der Waals surface area contributed by atoms with Gasteiger partial charge in [0, 0.05) is 6.08 Å². The molecule has 0 amide bonds. The first-order valence-electron chi connectivity index (χ1n) is 10.9. The summed E-state index contributed by atoms with van der Waals surface area (Å²) in [7, 11) is 0. The summed E-state index contributed by atoms with van der Waals surface area (Å²) in [5, 5.41) is 0. The summed E-state index contributed by atoms with van der Waals surface area (Å²) in [4.78, 5) is 38.7. The molecule has 168 valence electrons. The van der Waals surface area contributed by atoms with Gasteiger partial charge in [-0.1, -0.05) is 80.4 Å². The highest BCUT2D eigenvalue weighted by molar-refractivity contribution is 6.06. The summed E-state index contributed by atoms with van der Waals surface area (Å²) in [6, 6.07) is 18.4. The maximum Gasteiger partial charge on any atom is 0.331 e. The number of ether oxygens (including phenoxy) is 3. The molecule has 0 aromatic heterocycles. The summed E-state index contributed by atoms with van der Waals surface area (Å²) >= 11 is 0. The Morgan fingerprint density at radius 3 is 1.91 bits per heavy atom. The summed E-state index contributed by atoms with van der Waals surface area (Å²) < 4.78 is 16.2. The van der Waals surface area contributed by atoms with Crippen molar-refractivity contribution in [3.05, 3.63) is 83.4 Å². The number of unbranched alkanes of at least 4 members (excludes halogenated alkanes) is 2. The zero-order valence-electron chi connectivity index (χ0n) is 18.3. The van der Waals surface area contributed by atoms with Crippen molar-refractivity contribution in [2.45, 2.75) is 45.8 Å². The van der Waals surface area contributed by atoms with Crippen molar-refractivity contribution in [3.63, 3.8) is 0 Å². The van der Waals surface area contributed by atoms with Crippen LogP contribution in [-0.4, -0.2) is 24.5 Å². The summed E-state index contributed by atoms with van der Waals surface area (Å²) in [5.74, 6) is -2.11. The molecule has 0 fully saturated rings. The lowest BCUT2D eigenvalue weighted by atomic mass is 9.76. The van der Waals surface area contributed by atoms with E-state index in [1.54, 1.807) is 0 Å². The van der Waals surface area contributed by atoms with Crippen LogP contribution < -0.4 is 0 Å². The molecular weight excluding hydrogens is 408 g/mol. The highest BCUT2D eigenvalue weighted by Crippen LogP contribution is 2.38. The van der Waals surface area contributed by atoms with E-state index in [1.165, 1.54) is 6.08 Å². The van der Waals surface area contributed by atoms with Gasteiger partial charge in [-0.05, 0) is 29.5 Å². The lowest BCUT2D eigenvalue weighted by molar-refractivity contribution is -0.177. The lowest BCUT2D eigenvalue weighted by Crippen LogP contribution is -2.49. The Hall–Kier alpha value is -3.41. The number of rotatable bonds is 10. The minimum Gasteiger partial charge on any atom is -0.460 e. The van der Waals surface area contributed by atoms with Crippen LogP contribution in [0, 0.1) is 5.41 Å². The van der Waals surface area contributed by atoms with Gasteiger partial charge in [-0.15, -0.1) is 0 Å². The fourth-order valence-corrected chi connectivity index (χ4v) is 3.59. The first kappa shape index (κ1) is 23.3. The SMILES string of the molecule is CCCCCC1=CC(=O)OCC1(C(=O)OCc1ccccc1)C(=O)OCc1ccccc1. The Morgan fingerprint density at radius 1 is 0.875 bits per heavy atom. The van der Waals surface area contributed by atoms with E-state index in [-0.39, 0.29) is 13.2 Å². The molecule has 0 aliphatic carbocycles.